The lowest BCUT2D eigenvalue weighted by atomic mass is 10.1. The monoisotopic (exact) mass is 348 g/mol. The van der Waals surface area contributed by atoms with Crippen molar-refractivity contribution in [2.45, 2.75) is 31.5 Å². The van der Waals surface area contributed by atoms with Crippen LogP contribution in [-0.4, -0.2) is 25.2 Å². The average Bonchev–Trinajstić information content (AvgIpc) is 3.31. The van der Waals surface area contributed by atoms with E-state index in [0.29, 0.717) is 6.07 Å². The Kier molecular flexibility index (Phi) is 5.30. The highest BCUT2D eigenvalue weighted by molar-refractivity contribution is 5.90. The number of halogens is 4. The number of benzene rings is 1. The fourth-order valence-corrected chi connectivity index (χ4v) is 2.28. The summed E-state index contributed by atoms with van der Waals surface area (Å²) in [7, 11) is 1.21. The van der Waals surface area contributed by atoms with E-state index in [-0.39, 0.29) is 12.3 Å². The van der Waals surface area contributed by atoms with Gasteiger partial charge in [-0.2, -0.15) is 13.2 Å². The first-order valence-corrected chi connectivity index (χ1v) is 7.21. The van der Waals surface area contributed by atoms with E-state index >= 15 is 0 Å². The molecule has 1 aromatic rings. The van der Waals surface area contributed by atoms with Crippen molar-refractivity contribution in [1.82, 2.24) is 5.32 Å². The minimum Gasteiger partial charge on any atom is -0.469 e. The van der Waals surface area contributed by atoms with Crippen LogP contribution in [0.4, 0.5) is 28.0 Å². The van der Waals surface area contributed by atoms with Gasteiger partial charge in [0.15, 0.2) is 0 Å². The van der Waals surface area contributed by atoms with Gasteiger partial charge < -0.3 is 15.4 Å². The molecule has 1 atom stereocenters. The van der Waals surface area contributed by atoms with Crippen molar-refractivity contribution < 1.29 is 31.9 Å². The average molecular weight is 348 g/mol. The Balaban J connectivity index is 2.07. The van der Waals surface area contributed by atoms with Gasteiger partial charge in [0.05, 0.1) is 24.8 Å². The summed E-state index contributed by atoms with van der Waals surface area (Å²) in [5, 5.41) is 4.53. The van der Waals surface area contributed by atoms with E-state index in [4.69, 9.17) is 0 Å². The van der Waals surface area contributed by atoms with Gasteiger partial charge in [-0.1, -0.05) is 0 Å². The molecule has 1 aliphatic rings. The molecule has 1 aliphatic carbocycles. The first kappa shape index (κ1) is 18.0. The fourth-order valence-electron chi connectivity index (χ4n) is 2.28. The Morgan fingerprint density at radius 3 is 2.54 bits per heavy atom. The standard InChI is InChI=1S/C15H16F4N2O3/c1-24-13(22)7-12(8-2-3-8)21-14(23)20-11-5-4-9(16)6-10(11)15(17,18)19/h4-6,8,12H,2-3,7H2,1H3,(H2,20,21,23)/t12-/m1/s1. The number of hydrogen-bond donors (Lipinski definition) is 2. The van der Waals surface area contributed by atoms with E-state index in [0.717, 1.165) is 25.0 Å². The van der Waals surface area contributed by atoms with Crippen LogP contribution in [0.1, 0.15) is 24.8 Å². The highest BCUT2D eigenvalue weighted by atomic mass is 19.4. The number of esters is 1. The number of amides is 2. The Hall–Kier alpha value is -2.32. The smallest absolute Gasteiger partial charge is 0.418 e. The lowest BCUT2D eigenvalue weighted by molar-refractivity contribution is -0.141. The van der Waals surface area contributed by atoms with Gasteiger partial charge in [0.2, 0.25) is 0 Å². The third kappa shape index (κ3) is 4.84. The molecule has 0 heterocycles. The SMILES string of the molecule is COC(=O)C[C@@H](NC(=O)Nc1ccc(F)cc1C(F)(F)F)C1CC1. The molecule has 0 aliphatic heterocycles. The van der Waals surface area contributed by atoms with E-state index < -0.39 is 41.3 Å². The molecule has 0 spiro atoms. The first-order chi connectivity index (χ1) is 11.2. The molecule has 1 aromatic carbocycles. The van der Waals surface area contributed by atoms with Crippen LogP contribution in [0.5, 0.6) is 0 Å². The molecular formula is C15H16F4N2O3. The minimum atomic E-state index is -4.81. The minimum absolute atomic E-state index is 0.0653. The summed E-state index contributed by atoms with van der Waals surface area (Å²) >= 11 is 0. The van der Waals surface area contributed by atoms with Crippen molar-refractivity contribution in [3.05, 3.63) is 29.6 Å². The maximum atomic E-state index is 13.0. The normalized spacial score (nSPS) is 15.5. The molecule has 24 heavy (non-hydrogen) atoms. The lowest BCUT2D eigenvalue weighted by Crippen LogP contribution is -2.41. The van der Waals surface area contributed by atoms with Crippen LogP contribution in [-0.2, 0) is 15.7 Å². The highest BCUT2D eigenvalue weighted by Gasteiger charge is 2.36. The number of alkyl halides is 3. The molecule has 0 aromatic heterocycles. The van der Waals surface area contributed by atoms with Crippen LogP contribution < -0.4 is 10.6 Å². The number of carbonyl (C=O) groups excluding carboxylic acids is 2. The second-order valence-electron chi connectivity index (χ2n) is 5.51. The van der Waals surface area contributed by atoms with Crippen molar-refractivity contribution in [3.8, 4) is 0 Å². The lowest BCUT2D eigenvalue weighted by Gasteiger charge is -2.19. The molecule has 1 saturated carbocycles. The number of ether oxygens (including phenoxy) is 1. The molecule has 0 radical (unpaired) electrons. The van der Waals surface area contributed by atoms with E-state index in [9.17, 15) is 27.2 Å². The summed E-state index contributed by atoms with van der Waals surface area (Å²) in [6.07, 6.45) is -3.25. The number of carbonyl (C=O) groups is 2. The molecule has 2 N–H and O–H groups in total. The molecule has 0 bridgehead atoms. The maximum Gasteiger partial charge on any atom is 0.418 e. The Morgan fingerprint density at radius 1 is 1.33 bits per heavy atom. The van der Waals surface area contributed by atoms with Crippen LogP contribution in [0.2, 0.25) is 0 Å². The van der Waals surface area contributed by atoms with Gasteiger partial charge in [-0.05, 0) is 37.0 Å². The molecule has 5 nitrogen and oxygen atoms in total. The second kappa shape index (κ2) is 7.06. The predicted molar refractivity (Wildman–Crippen MR) is 76.7 cm³/mol. The van der Waals surface area contributed by atoms with E-state index in [1.807, 2.05) is 0 Å². The molecule has 132 valence electrons. The van der Waals surface area contributed by atoms with E-state index in [1.165, 1.54) is 7.11 Å². The molecule has 1 fully saturated rings. The van der Waals surface area contributed by atoms with Gasteiger partial charge in [0, 0.05) is 6.04 Å². The molecule has 0 unspecified atom stereocenters. The molecule has 0 saturated heterocycles. The largest absolute Gasteiger partial charge is 0.469 e. The number of hydrogen-bond acceptors (Lipinski definition) is 3. The van der Waals surface area contributed by atoms with Crippen molar-refractivity contribution in [2.24, 2.45) is 5.92 Å². The molecule has 2 amide bonds. The maximum absolute atomic E-state index is 13.0. The van der Waals surface area contributed by atoms with Crippen molar-refractivity contribution >= 4 is 17.7 Å². The van der Waals surface area contributed by atoms with Gasteiger partial charge in [-0.3, -0.25) is 4.79 Å². The van der Waals surface area contributed by atoms with Gasteiger partial charge in [-0.15, -0.1) is 0 Å². The molecule has 9 heteroatoms. The van der Waals surface area contributed by atoms with Crippen LogP contribution in [0, 0.1) is 11.7 Å². The van der Waals surface area contributed by atoms with Gasteiger partial charge >= 0.3 is 18.2 Å². The topological polar surface area (TPSA) is 67.4 Å². The summed E-state index contributed by atoms with van der Waals surface area (Å²) in [6, 6.07) is 0.546. The van der Waals surface area contributed by atoms with Crippen molar-refractivity contribution in [2.75, 3.05) is 12.4 Å². The summed E-state index contributed by atoms with van der Waals surface area (Å²) in [5.41, 5.74) is -1.84. The molecular weight excluding hydrogens is 332 g/mol. The van der Waals surface area contributed by atoms with E-state index in [1.54, 1.807) is 0 Å². The third-order valence-electron chi connectivity index (χ3n) is 3.66. The van der Waals surface area contributed by atoms with Gasteiger partial charge in [0.1, 0.15) is 5.82 Å². The number of nitrogens with one attached hydrogen (secondary N) is 2. The summed E-state index contributed by atoms with van der Waals surface area (Å²) in [6.45, 7) is 0. The van der Waals surface area contributed by atoms with Crippen molar-refractivity contribution in [3.63, 3.8) is 0 Å². The number of methoxy groups -OCH3 is 1. The summed E-state index contributed by atoms with van der Waals surface area (Å²) < 4.78 is 56.3. The second-order valence-corrected chi connectivity index (χ2v) is 5.51. The Labute approximate surface area is 135 Å². The number of rotatable bonds is 5. The Bertz CT molecular complexity index is 630. The van der Waals surface area contributed by atoms with Crippen LogP contribution >= 0.6 is 0 Å². The fraction of sp³-hybridized carbons (Fsp3) is 0.467. The Morgan fingerprint density at radius 2 is 2.00 bits per heavy atom. The van der Waals surface area contributed by atoms with Crippen LogP contribution in [0.15, 0.2) is 18.2 Å². The zero-order chi connectivity index (χ0) is 17.9. The number of urea groups is 1. The van der Waals surface area contributed by atoms with Gasteiger partial charge in [0.25, 0.3) is 0 Å². The number of anilines is 1. The van der Waals surface area contributed by atoms with E-state index in [2.05, 4.69) is 15.4 Å². The van der Waals surface area contributed by atoms with Gasteiger partial charge in [-0.25, -0.2) is 9.18 Å². The summed E-state index contributed by atoms with van der Waals surface area (Å²) in [5.74, 6) is -1.50. The quantitative estimate of drug-likeness (QED) is 0.634. The summed E-state index contributed by atoms with van der Waals surface area (Å²) in [4.78, 5) is 23.3. The third-order valence-corrected chi connectivity index (χ3v) is 3.66. The highest BCUT2D eigenvalue weighted by Crippen LogP contribution is 2.36. The van der Waals surface area contributed by atoms with Crippen LogP contribution in [0.25, 0.3) is 0 Å². The molecule has 2 rings (SSSR count). The zero-order valence-electron chi connectivity index (χ0n) is 12.7. The predicted octanol–water partition coefficient (Wildman–Crippen LogP) is 3.31. The zero-order valence-corrected chi connectivity index (χ0v) is 12.7. The van der Waals surface area contributed by atoms with Crippen molar-refractivity contribution in [1.29, 1.82) is 0 Å². The van der Waals surface area contributed by atoms with Crippen LogP contribution in [0.3, 0.4) is 0 Å². The first-order valence-electron chi connectivity index (χ1n) is 7.21.